The molecule has 0 N–H and O–H groups in total. The molecular formula is C47H31N3S. The normalized spacial score (nSPS) is 11.5. The summed E-state index contributed by atoms with van der Waals surface area (Å²) in [5, 5.41) is 5.92. The molecule has 240 valence electrons. The van der Waals surface area contributed by atoms with E-state index in [0.717, 1.165) is 38.8 Å². The molecule has 2 aromatic heterocycles. The SMILES string of the molecule is c1ccc(N(c2ccccc2)c2ccc(-c3ccc4c(c3)c3ccccc3n4-c3cc(-c4nc5ccccc5s4)c4ccccc4c3)cc2)cc1. The average Bonchev–Trinajstić information content (AvgIpc) is 3.78. The van der Waals surface area contributed by atoms with Crippen LogP contribution >= 0.6 is 11.3 Å². The number of benzene rings is 8. The summed E-state index contributed by atoms with van der Waals surface area (Å²) >= 11 is 1.75. The second-order valence-corrected chi connectivity index (χ2v) is 13.9. The predicted octanol–water partition coefficient (Wildman–Crippen LogP) is 13.4. The van der Waals surface area contributed by atoms with Crippen LogP contribution in [0.4, 0.5) is 17.1 Å². The summed E-state index contributed by atoms with van der Waals surface area (Å²) in [6, 6.07) is 67.4. The highest BCUT2D eigenvalue weighted by Gasteiger charge is 2.18. The zero-order chi connectivity index (χ0) is 33.7. The topological polar surface area (TPSA) is 21.1 Å². The lowest BCUT2D eigenvalue weighted by Crippen LogP contribution is -2.09. The van der Waals surface area contributed by atoms with Crippen molar-refractivity contribution in [3.05, 3.63) is 188 Å². The van der Waals surface area contributed by atoms with Crippen LogP contribution in [0.3, 0.4) is 0 Å². The summed E-state index contributed by atoms with van der Waals surface area (Å²) in [6.07, 6.45) is 0. The Kier molecular flexibility index (Phi) is 7.00. The number of para-hydroxylation sites is 4. The third-order valence-electron chi connectivity index (χ3n) is 9.79. The van der Waals surface area contributed by atoms with Gasteiger partial charge in [-0.3, -0.25) is 0 Å². The van der Waals surface area contributed by atoms with E-state index in [2.05, 4.69) is 198 Å². The molecule has 0 atom stereocenters. The molecule has 10 aromatic rings. The molecule has 0 aliphatic rings. The quantitative estimate of drug-likeness (QED) is 0.176. The minimum atomic E-state index is 1.04. The summed E-state index contributed by atoms with van der Waals surface area (Å²) in [7, 11) is 0. The first-order chi connectivity index (χ1) is 25.3. The smallest absolute Gasteiger partial charge is 0.125 e. The van der Waals surface area contributed by atoms with Crippen molar-refractivity contribution < 1.29 is 0 Å². The van der Waals surface area contributed by atoms with Gasteiger partial charge in [-0.2, -0.15) is 0 Å². The maximum absolute atomic E-state index is 5.08. The minimum Gasteiger partial charge on any atom is -0.311 e. The Hall–Kier alpha value is -6.49. The van der Waals surface area contributed by atoms with Gasteiger partial charge in [0.25, 0.3) is 0 Å². The lowest BCUT2D eigenvalue weighted by atomic mass is 10.0. The van der Waals surface area contributed by atoms with E-state index in [1.54, 1.807) is 11.3 Å². The van der Waals surface area contributed by atoms with E-state index in [0.29, 0.717) is 0 Å². The van der Waals surface area contributed by atoms with Crippen molar-refractivity contribution in [1.29, 1.82) is 0 Å². The standard InChI is InChI=1S/C47H31N3S/c1-3-14-35(15-4-1)49(36-16-5-2-6-17-36)37-26-23-32(24-27-37)33-25-28-45-41(30-33)40-19-9-11-21-44(40)50(45)38-29-34-13-7-8-18-39(34)42(31-38)47-48-43-20-10-12-22-46(43)51-47/h1-31H. The number of aromatic nitrogens is 2. The number of fused-ring (bicyclic) bond motifs is 5. The number of thiazole rings is 1. The van der Waals surface area contributed by atoms with Gasteiger partial charge in [0.05, 0.1) is 21.3 Å². The highest BCUT2D eigenvalue weighted by atomic mass is 32.1. The molecule has 0 aliphatic carbocycles. The molecule has 0 saturated heterocycles. The van der Waals surface area contributed by atoms with Crippen LogP contribution in [0.25, 0.3) is 70.2 Å². The van der Waals surface area contributed by atoms with Crippen molar-refractivity contribution in [3.8, 4) is 27.4 Å². The van der Waals surface area contributed by atoms with Gasteiger partial charge in [-0.05, 0) is 101 Å². The van der Waals surface area contributed by atoms with Crippen LogP contribution in [-0.2, 0) is 0 Å². The van der Waals surface area contributed by atoms with Gasteiger partial charge in [0.2, 0.25) is 0 Å². The number of hydrogen-bond acceptors (Lipinski definition) is 3. The Morgan fingerprint density at radius 1 is 0.451 bits per heavy atom. The minimum absolute atomic E-state index is 1.04. The van der Waals surface area contributed by atoms with Gasteiger partial charge in [0.1, 0.15) is 5.01 Å². The molecule has 0 fully saturated rings. The second-order valence-electron chi connectivity index (χ2n) is 12.8. The molecule has 0 bridgehead atoms. The van der Waals surface area contributed by atoms with E-state index in [9.17, 15) is 0 Å². The number of hydrogen-bond donors (Lipinski definition) is 0. The van der Waals surface area contributed by atoms with Gasteiger partial charge in [-0.15, -0.1) is 11.3 Å². The zero-order valence-corrected chi connectivity index (χ0v) is 28.5. The summed E-state index contributed by atoms with van der Waals surface area (Å²) in [6.45, 7) is 0. The van der Waals surface area contributed by atoms with Crippen molar-refractivity contribution in [3.63, 3.8) is 0 Å². The number of anilines is 3. The maximum Gasteiger partial charge on any atom is 0.125 e. The van der Waals surface area contributed by atoms with Crippen LogP contribution < -0.4 is 4.90 Å². The van der Waals surface area contributed by atoms with Crippen LogP contribution in [-0.4, -0.2) is 9.55 Å². The van der Waals surface area contributed by atoms with Crippen LogP contribution in [0.5, 0.6) is 0 Å². The molecule has 0 aliphatic heterocycles. The Balaban J connectivity index is 1.10. The average molecular weight is 670 g/mol. The second kappa shape index (κ2) is 12.1. The molecule has 0 spiro atoms. The van der Waals surface area contributed by atoms with Gasteiger partial charge in [-0.25, -0.2) is 4.98 Å². The van der Waals surface area contributed by atoms with E-state index in [1.807, 2.05) is 0 Å². The molecule has 3 nitrogen and oxygen atoms in total. The largest absolute Gasteiger partial charge is 0.311 e. The van der Waals surface area contributed by atoms with Gasteiger partial charge in [0.15, 0.2) is 0 Å². The molecule has 0 amide bonds. The van der Waals surface area contributed by atoms with E-state index in [4.69, 9.17) is 4.98 Å². The fourth-order valence-corrected chi connectivity index (χ4v) is 8.42. The first-order valence-electron chi connectivity index (χ1n) is 17.2. The first kappa shape index (κ1) is 29.4. The third-order valence-corrected chi connectivity index (χ3v) is 10.9. The van der Waals surface area contributed by atoms with Crippen LogP contribution in [0.1, 0.15) is 0 Å². The third kappa shape index (κ3) is 5.08. The molecule has 0 saturated carbocycles. The van der Waals surface area contributed by atoms with E-state index < -0.39 is 0 Å². The van der Waals surface area contributed by atoms with Crippen molar-refractivity contribution in [2.45, 2.75) is 0 Å². The van der Waals surface area contributed by atoms with Crippen molar-refractivity contribution in [2.75, 3.05) is 4.90 Å². The van der Waals surface area contributed by atoms with Gasteiger partial charge >= 0.3 is 0 Å². The predicted molar refractivity (Wildman–Crippen MR) is 217 cm³/mol. The molecule has 0 unspecified atom stereocenters. The van der Waals surface area contributed by atoms with E-state index in [-0.39, 0.29) is 0 Å². The zero-order valence-electron chi connectivity index (χ0n) is 27.6. The highest BCUT2D eigenvalue weighted by Crippen LogP contribution is 2.41. The number of nitrogens with zero attached hydrogens (tertiary/aromatic N) is 3. The molecule has 0 radical (unpaired) electrons. The molecule has 4 heteroatoms. The lowest BCUT2D eigenvalue weighted by molar-refractivity contribution is 1.19. The summed E-state index contributed by atoms with van der Waals surface area (Å²) < 4.78 is 3.62. The Labute approximate surface area is 299 Å². The monoisotopic (exact) mass is 669 g/mol. The van der Waals surface area contributed by atoms with Crippen LogP contribution in [0.2, 0.25) is 0 Å². The van der Waals surface area contributed by atoms with Crippen LogP contribution in [0.15, 0.2) is 188 Å². The van der Waals surface area contributed by atoms with Crippen molar-refractivity contribution in [2.24, 2.45) is 0 Å². The number of rotatable bonds is 6. The Morgan fingerprint density at radius 2 is 1.06 bits per heavy atom. The molecule has 8 aromatic carbocycles. The van der Waals surface area contributed by atoms with Gasteiger partial charge in [0, 0.05) is 39.1 Å². The van der Waals surface area contributed by atoms with Gasteiger partial charge in [-0.1, -0.05) is 109 Å². The van der Waals surface area contributed by atoms with Crippen molar-refractivity contribution in [1.82, 2.24) is 9.55 Å². The fraction of sp³-hybridized carbons (Fsp3) is 0. The summed E-state index contributed by atoms with van der Waals surface area (Å²) in [5.41, 5.74) is 11.5. The van der Waals surface area contributed by atoms with E-state index in [1.165, 1.54) is 48.4 Å². The Morgan fingerprint density at radius 3 is 1.82 bits per heavy atom. The van der Waals surface area contributed by atoms with Crippen LogP contribution in [0, 0.1) is 0 Å². The molecule has 2 heterocycles. The summed E-state index contributed by atoms with van der Waals surface area (Å²) in [5.74, 6) is 0. The van der Waals surface area contributed by atoms with E-state index >= 15 is 0 Å². The van der Waals surface area contributed by atoms with Crippen molar-refractivity contribution >= 4 is 71.2 Å². The molecular weight excluding hydrogens is 639 g/mol. The lowest BCUT2D eigenvalue weighted by Gasteiger charge is -2.25. The molecule has 51 heavy (non-hydrogen) atoms. The Bertz CT molecular complexity index is 2780. The highest BCUT2D eigenvalue weighted by molar-refractivity contribution is 7.21. The van der Waals surface area contributed by atoms with Gasteiger partial charge < -0.3 is 9.47 Å². The maximum atomic E-state index is 5.08. The first-order valence-corrected chi connectivity index (χ1v) is 18.0. The fourth-order valence-electron chi connectivity index (χ4n) is 7.42. The summed E-state index contributed by atoms with van der Waals surface area (Å²) in [4.78, 5) is 7.38. The molecule has 10 rings (SSSR count).